The minimum atomic E-state index is 0.868. The van der Waals surface area contributed by atoms with Gasteiger partial charge < -0.3 is 10.3 Å². The van der Waals surface area contributed by atoms with Crippen LogP contribution in [0.5, 0.6) is 0 Å². The second-order valence-corrected chi connectivity index (χ2v) is 5.77. The molecule has 0 atom stereocenters. The molecule has 1 aromatic heterocycles. The molecule has 3 nitrogen and oxygen atoms in total. The van der Waals surface area contributed by atoms with Gasteiger partial charge in [-0.1, -0.05) is 12.1 Å². The standard InChI is InChI=1S/C17H23N3/c1-13-6-7-14(2)20(13)18-12-15-8-9-17-16(11-15)5-4-10-19(17)3/h6-9,11,18H,4-5,10,12H2,1-3H3. The van der Waals surface area contributed by atoms with Gasteiger partial charge in [-0.25, -0.2) is 0 Å². The third-order valence-electron chi connectivity index (χ3n) is 4.21. The Morgan fingerprint density at radius 2 is 1.85 bits per heavy atom. The van der Waals surface area contributed by atoms with Gasteiger partial charge in [0.1, 0.15) is 0 Å². The van der Waals surface area contributed by atoms with Crippen molar-refractivity contribution in [3.63, 3.8) is 0 Å². The van der Waals surface area contributed by atoms with E-state index >= 15 is 0 Å². The SMILES string of the molecule is Cc1ccc(C)n1NCc1ccc2c(c1)CCCN2C. The van der Waals surface area contributed by atoms with Crippen LogP contribution in [0.4, 0.5) is 5.69 Å². The van der Waals surface area contributed by atoms with Crippen molar-refractivity contribution < 1.29 is 0 Å². The third-order valence-corrected chi connectivity index (χ3v) is 4.21. The van der Waals surface area contributed by atoms with Gasteiger partial charge in [-0.15, -0.1) is 0 Å². The van der Waals surface area contributed by atoms with Crippen LogP contribution in [0.1, 0.15) is 28.9 Å². The smallest absolute Gasteiger partial charge is 0.0564 e. The Bertz CT molecular complexity index is 593. The number of aromatic nitrogens is 1. The molecule has 0 radical (unpaired) electrons. The fourth-order valence-electron chi connectivity index (χ4n) is 3.04. The van der Waals surface area contributed by atoms with Crippen molar-refractivity contribution in [2.24, 2.45) is 0 Å². The lowest BCUT2D eigenvalue weighted by atomic mass is 10.00. The van der Waals surface area contributed by atoms with Crippen molar-refractivity contribution in [1.29, 1.82) is 0 Å². The number of anilines is 1. The van der Waals surface area contributed by atoms with Gasteiger partial charge in [0.2, 0.25) is 0 Å². The van der Waals surface area contributed by atoms with Gasteiger partial charge in [-0.3, -0.25) is 4.68 Å². The van der Waals surface area contributed by atoms with Crippen molar-refractivity contribution in [2.45, 2.75) is 33.2 Å². The molecule has 0 fully saturated rings. The summed E-state index contributed by atoms with van der Waals surface area (Å²) in [6.07, 6.45) is 2.46. The summed E-state index contributed by atoms with van der Waals surface area (Å²) in [4.78, 5) is 2.36. The van der Waals surface area contributed by atoms with Gasteiger partial charge in [0.15, 0.2) is 0 Å². The van der Waals surface area contributed by atoms with E-state index in [1.807, 2.05) is 0 Å². The molecule has 20 heavy (non-hydrogen) atoms. The fraction of sp³-hybridized carbons (Fsp3) is 0.412. The minimum absolute atomic E-state index is 0.868. The quantitative estimate of drug-likeness (QED) is 0.923. The number of fused-ring (bicyclic) bond motifs is 1. The van der Waals surface area contributed by atoms with E-state index in [4.69, 9.17) is 0 Å². The maximum absolute atomic E-state index is 3.50. The summed E-state index contributed by atoms with van der Waals surface area (Å²) < 4.78 is 2.16. The molecule has 0 saturated carbocycles. The highest BCUT2D eigenvalue weighted by molar-refractivity contribution is 5.56. The highest BCUT2D eigenvalue weighted by Gasteiger charge is 2.13. The van der Waals surface area contributed by atoms with E-state index in [0.29, 0.717) is 0 Å². The van der Waals surface area contributed by atoms with Gasteiger partial charge in [0, 0.05) is 30.7 Å². The zero-order valence-corrected chi connectivity index (χ0v) is 12.6. The number of benzene rings is 1. The summed E-state index contributed by atoms with van der Waals surface area (Å²) in [7, 11) is 2.18. The van der Waals surface area contributed by atoms with E-state index in [0.717, 1.165) is 6.54 Å². The van der Waals surface area contributed by atoms with Crippen molar-refractivity contribution in [3.8, 4) is 0 Å². The van der Waals surface area contributed by atoms with Crippen LogP contribution in [0.2, 0.25) is 0 Å². The molecule has 2 aromatic rings. The topological polar surface area (TPSA) is 20.2 Å². The van der Waals surface area contributed by atoms with Crippen molar-refractivity contribution >= 4 is 5.69 Å². The van der Waals surface area contributed by atoms with Gasteiger partial charge in [-0.05, 0) is 56.0 Å². The molecule has 1 aliphatic heterocycles. The Balaban J connectivity index is 1.76. The van der Waals surface area contributed by atoms with Crippen molar-refractivity contribution in [2.75, 3.05) is 23.9 Å². The van der Waals surface area contributed by atoms with E-state index < -0.39 is 0 Å². The van der Waals surface area contributed by atoms with Gasteiger partial charge in [-0.2, -0.15) is 0 Å². The van der Waals surface area contributed by atoms with Gasteiger partial charge in [0.05, 0.1) is 6.54 Å². The van der Waals surface area contributed by atoms with Crippen LogP contribution in [-0.4, -0.2) is 18.3 Å². The molecule has 0 spiro atoms. The normalized spacial score (nSPS) is 14.2. The first-order chi connectivity index (χ1) is 9.65. The number of hydrogen-bond donors (Lipinski definition) is 1. The summed E-state index contributed by atoms with van der Waals surface area (Å²) in [6, 6.07) is 11.1. The first kappa shape index (κ1) is 13.1. The monoisotopic (exact) mass is 269 g/mol. The summed E-state index contributed by atoms with van der Waals surface area (Å²) >= 11 is 0. The predicted octanol–water partition coefficient (Wildman–Crippen LogP) is 3.23. The fourth-order valence-corrected chi connectivity index (χ4v) is 3.04. The molecule has 0 unspecified atom stereocenters. The summed E-state index contributed by atoms with van der Waals surface area (Å²) in [5, 5.41) is 0. The predicted molar refractivity (Wildman–Crippen MR) is 85.0 cm³/mol. The molecule has 0 bridgehead atoms. The third kappa shape index (κ3) is 2.40. The van der Waals surface area contributed by atoms with Crippen LogP contribution in [0, 0.1) is 13.8 Å². The van der Waals surface area contributed by atoms with Gasteiger partial charge in [0.25, 0.3) is 0 Å². The zero-order valence-electron chi connectivity index (χ0n) is 12.6. The lowest BCUT2D eigenvalue weighted by molar-refractivity contribution is 0.740. The molecule has 2 heterocycles. The Morgan fingerprint density at radius 1 is 1.10 bits per heavy atom. The molecule has 0 amide bonds. The second-order valence-electron chi connectivity index (χ2n) is 5.77. The Kier molecular flexibility index (Phi) is 3.43. The average Bonchev–Trinajstić information content (AvgIpc) is 2.76. The first-order valence-corrected chi connectivity index (χ1v) is 7.37. The number of aryl methyl sites for hydroxylation is 3. The maximum Gasteiger partial charge on any atom is 0.0564 e. The number of rotatable bonds is 3. The number of hydrogen-bond acceptors (Lipinski definition) is 2. The average molecular weight is 269 g/mol. The molecule has 0 aliphatic carbocycles. The highest BCUT2D eigenvalue weighted by atomic mass is 15.4. The molecular weight excluding hydrogens is 246 g/mol. The van der Waals surface area contributed by atoms with Crippen LogP contribution >= 0.6 is 0 Å². The molecular formula is C17H23N3. The van der Waals surface area contributed by atoms with E-state index in [-0.39, 0.29) is 0 Å². The van der Waals surface area contributed by atoms with Gasteiger partial charge >= 0.3 is 0 Å². The van der Waals surface area contributed by atoms with E-state index in [1.54, 1.807) is 0 Å². The molecule has 106 valence electrons. The number of nitrogens with zero attached hydrogens (tertiary/aromatic N) is 2. The van der Waals surface area contributed by atoms with Crippen LogP contribution in [-0.2, 0) is 13.0 Å². The van der Waals surface area contributed by atoms with Crippen LogP contribution in [0.25, 0.3) is 0 Å². The summed E-state index contributed by atoms with van der Waals surface area (Å²) in [6.45, 7) is 6.29. The first-order valence-electron chi connectivity index (χ1n) is 7.37. The lowest BCUT2D eigenvalue weighted by Crippen LogP contribution is -2.25. The van der Waals surface area contributed by atoms with E-state index in [1.165, 1.54) is 47.6 Å². The van der Waals surface area contributed by atoms with Crippen molar-refractivity contribution in [1.82, 2.24) is 4.68 Å². The van der Waals surface area contributed by atoms with Crippen molar-refractivity contribution in [3.05, 3.63) is 52.8 Å². The Labute approximate surface area is 121 Å². The zero-order chi connectivity index (χ0) is 14.1. The molecule has 1 aromatic carbocycles. The Morgan fingerprint density at radius 3 is 2.60 bits per heavy atom. The second kappa shape index (κ2) is 5.23. The molecule has 3 heteroatoms. The minimum Gasteiger partial charge on any atom is -0.374 e. The van der Waals surface area contributed by atoms with Crippen LogP contribution in [0.3, 0.4) is 0 Å². The lowest BCUT2D eigenvalue weighted by Gasteiger charge is -2.28. The largest absolute Gasteiger partial charge is 0.374 e. The molecule has 3 rings (SSSR count). The van der Waals surface area contributed by atoms with E-state index in [2.05, 4.69) is 66.2 Å². The number of nitrogens with one attached hydrogen (secondary N) is 1. The van der Waals surface area contributed by atoms with Crippen LogP contribution < -0.4 is 10.3 Å². The summed E-state index contributed by atoms with van der Waals surface area (Å²) in [5.74, 6) is 0. The Hall–Kier alpha value is -1.90. The maximum atomic E-state index is 3.50. The summed E-state index contributed by atoms with van der Waals surface area (Å²) in [5.41, 5.74) is 10.2. The molecule has 1 N–H and O–H groups in total. The van der Waals surface area contributed by atoms with E-state index in [9.17, 15) is 0 Å². The molecule has 1 aliphatic rings. The van der Waals surface area contributed by atoms with Crippen LogP contribution in [0.15, 0.2) is 30.3 Å². The highest BCUT2D eigenvalue weighted by Crippen LogP contribution is 2.26. The molecule has 0 saturated heterocycles.